The fraction of sp³-hybridized carbons (Fsp3) is 0.417. The number of hydrogen-bond acceptors (Lipinski definition) is 4. The van der Waals surface area contributed by atoms with Gasteiger partial charge in [-0.05, 0) is 25.0 Å². The SMILES string of the molecule is Nc1cccc(C(=O)O)c1NCC1CCCO1. The van der Waals surface area contributed by atoms with E-state index in [2.05, 4.69) is 5.32 Å². The molecule has 1 atom stereocenters. The average Bonchev–Trinajstić information content (AvgIpc) is 2.80. The summed E-state index contributed by atoms with van der Waals surface area (Å²) in [6, 6.07) is 4.86. The number of para-hydroxylation sites is 1. The Morgan fingerprint density at radius 3 is 3.06 bits per heavy atom. The third kappa shape index (κ3) is 2.68. The molecule has 0 bridgehead atoms. The number of nitrogen functional groups attached to an aromatic ring is 1. The molecule has 0 aromatic heterocycles. The first kappa shape index (κ1) is 11.7. The number of anilines is 2. The molecule has 17 heavy (non-hydrogen) atoms. The molecule has 1 aromatic rings. The van der Waals surface area contributed by atoms with Crippen molar-refractivity contribution in [1.82, 2.24) is 0 Å². The van der Waals surface area contributed by atoms with Crippen molar-refractivity contribution in [2.45, 2.75) is 18.9 Å². The standard InChI is InChI=1S/C12H16N2O3/c13-10-5-1-4-9(12(15)16)11(10)14-7-8-3-2-6-17-8/h1,4-5,8,14H,2-3,6-7,13H2,(H,15,16). The van der Waals surface area contributed by atoms with Gasteiger partial charge in [-0.15, -0.1) is 0 Å². The number of rotatable bonds is 4. The van der Waals surface area contributed by atoms with E-state index in [4.69, 9.17) is 15.6 Å². The van der Waals surface area contributed by atoms with E-state index in [0.717, 1.165) is 19.4 Å². The first-order valence-corrected chi connectivity index (χ1v) is 5.65. The van der Waals surface area contributed by atoms with Crippen LogP contribution in [0.1, 0.15) is 23.2 Å². The average molecular weight is 236 g/mol. The highest BCUT2D eigenvalue weighted by atomic mass is 16.5. The van der Waals surface area contributed by atoms with Crippen molar-refractivity contribution in [3.8, 4) is 0 Å². The number of carbonyl (C=O) groups is 1. The maximum atomic E-state index is 11.0. The van der Waals surface area contributed by atoms with E-state index in [-0.39, 0.29) is 11.7 Å². The minimum Gasteiger partial charge on any atom is -0.478 e. The molecule has 5 heteroatoms. The van der Waals surface area contributed by atoms with Crippen molar-refractivity contribution in [1.29, 1.82) is 0 Å². The molecule has 1 aliphatic heterocycles. The molecular weight excluding hydrogens is 220 g/mol. The van der Waals surface area contributed by atoms with Crippen LogP contribution in [0, 0.1) is 0 Å². The number of nitrogens with one attached hydrogen (secondary N) is 1. The van der Waals surface area contributed by atoms with Crippen LogP contribution in [0.4, 0.5) is 11.4 Å². The van der Waals surface area contributed by atoms with Gasteiger partial charge in [0, 0.05) is 13.2 Å². The second kappa shape index (κ2) is 5.05. The Labute approximate surface area is 99.6 Å². The Kier molecular flexibility index (Phi) is 3.49. The van der Waals surface area contributed by atoms with Crippen molar-refractivity contribution in [3.05, 3.63) is 23.8 Å². The Morgan fingerprint density at radius 2 is 2.41 bits per heavy atom. The van der Waals surface area contributed by atoms with Crippen LogP contribution in [0.25, 0.3) is 0 Å². The molecule has 0 saturated carbocycles. The highest BCUT2D eigenvalue weighted by Gasteiger charge is 2.17. The van der Waals surface area contributed by atoms with Gasteiger partial charge in [0.05, 0.1) is 23.0 Å². The molecule has 1 aliphatic rings. The predicted octanol–water partition coefficient (Wildman–Crippen LogP) is 1.56. The fourth-order valence-electron chi connectivity index (χ4n) is 1.97. The first-order chi connectivity index (χ1) is 8.18. The highest BCUT2D eigenvalue weighted by molar-refractivity contribution is 5.97. The summed E-state index contributed by atoms with van der Waals surface area (Å²) >= 11 is 0. The topological polar surface area (TPSA) is 84.6 Å². The number of carboxylic acids is 1. The Morgan fingerprint density at radius 1 is 1.59 bits per heavy atom. The van der Waals surface area contributed by atoms with Crippen LogP contribution < -0.4 is 11.1 Å². The molecule has 4 N–H and O–H groups in total. The molecule has 5 nitrogen and oxygen atoms in total. The van der Waals surface area contributed by atoms with Gasteiger partial charge in [0.15, 0.2) is 0 Å². The normalized spacial score (nSPS) is 19.2. The summed E-state index contributed by atoms with van der Waals surface area (Å²) in [5, 5.41) is 12.1. The zero-order valence-electron chi connectivity index (χ0n) is 9.48. The van der Waals surface area contributed by atoms with Crippen molar-refractivity contribution in [2.24, 2.45) is 0 Å². The molecule has 1 fully saturated rings. The molecular formula is C12H16N2O3. The number of benzene rings is 1. The Hall–Kier alpha value is -1.75. The molecule has 0 spiro atoms. The summed E-state index contributed by atoms with van der Waals surface area (Å²) in [5.74, 6) is -0.979. The van der Waals surface area contributed by atoms with E-state index in [1.54, 1.807) is 12.1 Å². The van der Waals surface area contributed by atoms with Crippen LogP contribution >= 0.6 is 0 Å². The number of ether oxygens (including phenoxy) is 1. The number of nitrogens with two attached hydrogens (primary N) is 1. The highest BCUT2D eigenvalue weighted by Crippen LogP contribution is 2.24. The summed E-state index contributed by atoms with van der Waals surface area (Å²) < 4.78 is 5.46. The summed E-state index contributed by atoms with van der Waals surface area (Å²) in [5.41, 5.74) is 6.90. The van der Waals surface area contributed by atoms with Crippen molar-refractivity contribution in [3.63, 3.8) is 0 Å². The second-order valence-corrected chi connectivity index (χ2v) is 4.09. The summed E-state index contributed by atoms with van der Waals surface area (Å²) in [7, 11) is 0. The van der Waals surface area contributed by atoms with Crippen LogP contribution in [0.3, 0.4) is 0 Å². The Bertz CT molecular complexity index is 414. The molecule has 0 radical (unpaired) electrons. The molecule has 1 saturated heterocycles. The van der Waals surface area contributed by atoms with Gasteiger partial charge in [-0.25, -0.2) is 4.79 Å². The third-order valence-electron chi connectivity index (χ3n) is 2.86. The van der Waals surface area contributed by atoms with Gasteiger partial charge < -0.3 is 20.9 Å². The molecule has 92 valence electrons. The van der Waals surface area contributed by atoms with Gasteiger partial charge in [0.2, 0.25) is 0 Å². The summed E-state index contributed by atoms with van der Waals surface area (Å²) in [4.78, 5) is 11.0. The van der Waals surface area contributed by atoms with Crippen molar-refractivity contribution >= 4 is 17.3 Å². The monoisotopic (exact) mass is 236 g/mol. The van der Waals surface area contributed by atoms with Gasteiger partial charge >= 0.3 is 5.97 Å². The van der Waals surface area contributed by atoms with E-state index >= 15 is 0 Å². The molecule has 1 aromatic carbocycles. The minimum atomic E-state index is -0.979. The van der Waals surface area contributed by atoms with Crippen LogP contribution in [0.15, 0.2) is 18.2 Å². The lowest BCUT2D eigenvalue weighted by Gasteiger charge is -2.15. The van der Waals surface area contributed by atoms with Gasteiger partial charge in [-0.2, -0.15) is 0 Å². The number of hydrogen-bond donors (Lipinski definition) is 3. The second-order valence-electron chi connectivity index (χ2n) is 4.09. The maximum Gasteiger partial charge on any atom is 0.337 e. The van der Waals surface area contributed by atoms with E-state index < -0.39 is 5.97 Å². The van der Waals surface area contributed by atoms with Gasteiger partial charge in [0.25, 0.3) is 0 Å². The predicted molar refractivity (Wildman–Crippen MR) is 65.3 cm³/mol. The van der Waals surface area contributed by atoms with Crippen LogP contribution in [-0.2, 0) is 4.74 Å². The smallest absolute Gasteiger partial charge is 0.337 e. The zero-order valence-corrected chi connectivity index (χ0v) is 9.48. The largest absolute Gasteiger partial charge is 0.478 e. The molecule has 0 amide bonds. The lowest BCUT2D eigenvalue weighted by molar-refractivity contribution is 0.0697. The summed E-state index contributed by atoms with van der Waals surface area (Å²) in [6.45, 7) is 1.37. The number of carboxylic acid groups (broad SMARTS) is 1. The van der Waals surface area contributed by atoms with Gasteiger partial charge in [0.1, 0.15) is 0 Å². The molecule has 1 heterocycles. The van der Waals surface area contributed by atoms with E-state index in [1.807, 2.05) is 0 Å². The van der Waals surface area contributed by atoms with Crippen molar-refractivity contribution in [2.75, 3.05) is 24.2 Å². The zero-order chi connectivity index (χ0) is 12.3. The van der Waals surface area contributed by atoms with Crippen LogP contribution in [0.5, 0.6) is 0 Å². The van der Waals surface area contributed by atoms with E-state index in [9.17, 15) is 4.79 Å². The third-order valence-corrected chi connectivity index (χ3v) is 2.86. The quantitative estimate of drug-likeness (QED) is 0.691. The van der Waals surface area contributed by atoms with Crippen molar-refractivity contribution < 1.29 is 14.6 Å². The fourth-order valence-corrected chi connectivity index (χ4v) is 1.97. The number of aromatic carboxylic acids is 1. The maximum absolute atomic E-state index is 11.0. The van der Waals surface area contributed by atoms with E-state index in [1.165, 1.54) is 6.07 Å². The van der Waals surface area contributed by atoms with Crippen LogP contribution in [0.2, 0.25) is 0 Å². The van der Waals surface area contributed by atoms with Gasteiger partial charge in [-0.1, -0.05) is 6.07 Å². The molecule has 1 unspecified atom stereocenters. The molecule has 2 rings (SSSR count). The lowest BCUT2D eigenvalue weighted by atomic mass is 10.1. The molecule has 0 aliphatic carbocycles. The van der Waals surface area contributed by atoms with Gasteiger partial charge in [-0.3, -0.25) is 0 Å². The summed E-state index contributed by atoms with van der Waals surface area (Å²) in [6.07, 6.45) is 2.21. The lowest BCUT2D eigenvalue weighted by Crippen LogP contribution is -2.20. The Balaban J connectivity index is 2.10. The first-order valence-electron chi connectivity index (χ1n) is 5.65. The van der Waals surface area contributed by atoms with E-state index in [0.29, 0.717) is 17.9 Å². The van der Waals surface area contributed by atoms with Crippen LogP contribution in [-0.4, -0.2) is 30.3 Å². The minimum absolute atomic E-state index is 0.149.